The lowest BCUT2D eigenvalue weighted by molar-refractivity contribution is 0.600. The van der Waals surface area contributed by atoms with Crippen molar-refractivity contribution in [3.8, 4) is 0 Å². The lowest BCUT2D eigenvalue weighted by Crippen LogP contribution is -2.15. The van der Waals surface area contributed by atoms with Crippen LogP contribution in [0, 0.1) is 0 Å². The highest BCUT2D eigenvalue weighted by molar-refractivity contribution is 9.10. The van der Waals surface area contributed by atoms with Gasteiger partial charge in [-0.05, 0) is 28.1 Å². The molecule has 0 saturated heterocycles. The maximum absolute atomic E-state index is 12.1. The fraction of sp³-hybridized carbons (Fsp3) is 0. The van der Waals surface area contributed by atoms with Crippen LogP contribution in [0.1, 0.15) is 0 Å². The Balaban J connectivity index is 2.48. The lowest BCUT2D eigenvalue weighted by atomic mass is 10.3. The van der Waals surface area contributed by atoms with Gasteiger partial charge in [0.15, 0.2) is 0 Å². The Morgan fingerprint density at radius 2 is 2.17 bits per heavy atom. The lowest BCUT2D eigenvalue weighted by Gasteiger charge is -2.09. The number of benzene rings is 1. The number of rotatable bonds is 3. The molecule has 0 aliphatic heterocycles. The van der Waals surface area contributed by atoms with Crippen LogP contribution in [0.2, 0.25) is 5.02 Å². The molecule has 0 fully saturated rings. The predicted molar refractivity (Wildman–Crippen MR) is 73.0 cm³/mol. The first-order valence-electron chi connectivity index (χ1n) is 4.67. The topological polar surface area (TPSA) is 101 Å². The number of imidazole rings is 1. The summed E-state index contributed by atoms with van der Waals surface area (Å²) in [4.78, 5) is 6.35. The van der Waals surface area contributed by atoms with Crippen LogP contribution in [0.15, 0.2) is 33.9 Å². The Morgan fingerprint density at radius 1 is 1.44 bits per heavy atom. The van der Waals surface area contributed by atoms with E-state index in [1.54, 1.807) is 0 Å². The Hall–Kier alpha value is -1.25. The molecule has 9 heteroatoms. The molecule has 4 N–H and O–H groups in total. The van der Waals surface area contributed by atoms with Crippen molar-refractivity contribution in [1.29, 1.82) is 0 Å². The molecule has 0 radical (unpaired) electrons. The molecule has 1 aromatic carbocycles. The summed E-state index contributed by atoms with van der Waals surface area (Å²) >= 11 is 8.91. The smallest absolute Gasteiger partial charge is 0.265 e. The summed E-state index contributed by atoms with van der Waals surface area (Å²) in [5.74, 6) is 0.112. The Bertz CT molecular complexity index is 672. The van der Waals surface area contributed by atoms with E-state index in [9.17, 15) is 8.42 Å². The van der Waals surface area contributed by atoms with Crippen molar-refractivity contribution in [1.82, 2.24) is 9.97 Å². The van der Waals surface area contributed by atoms with Crippen LogP contribution in [0.25, 0.3) is 0 Å². The Kier molecular flexibility index (Phi) is 3.51. The molecule has 2 aromatic rings. The zero-order valence-electron chi connectivity index (χ0n) is 8.81. The van der Waals surface area contributed by atoms with Gasteiger partial charge < -0.3 is 10.7 Å². The van der Waals surface area contributed by atoms with Gasteiger partial charge in [0.25, 0.3) is 10.0 Å². The average Bonchev–Trinajstić information content (AvgIpc) is 2.75. The van der Waals surface area contributed by atoms with Crippen molar-refractivity contribution >= 4 is 49.2 Å². The van der Waals surface area contributed by atoms with Gasteiger partial charge in [0, 0.05) is 23.1 Å². The van der Waals surface area contributed by atoms with Gasteiger partial charge in [0.05, 0.1) is 4.47 Å². The first-order chi connectivity index (χ1) is 8.40. The third kappa shape index (κ3) is 2.60. The normalized spacial score (nSPS) is 11.4. The molecule has 0 aliphatic rings. The minimum Gasteiger partial charge on any atom is -0.398 e. The minimum absolute atomic E-state index is 0.0519. The third-order valence-corrected chi connectivity index (χ3v) is 4.78. The summed E-state index contributed by atoms with van der Waals surface area (Å²) in [5.41, 5.74) is 5.88. The van der Waals surface area contributed by atoms with E-state index in [-0.39, 0.29) is 26.0 Å². The number of H-pyrrole nitrogens is 1. The van der Waals surface area contributed by atoms with Crippen molar-refractivity contribution in [2.45, 2.75) is 4.90 Å². The van der Waals surface area contributed by atoms with E-state index in [2.05, 4.69) is 30.6 Å². The second kappa shape index (κ2) is 4.79. The molecular weight excluding hydrogens is 344 g/mol. The first-order valence-corrected chi connectivity index (χ1v) is 7.32. The summed E-state index contributed by atoms with van der Waals surface area (Å²) in [6.45, 7) is 0. The zero-order chi connectivity index (χ0) is 13.3. The summed E-state index contributed by atoms with van der Waals surface area (Å²) in [7, 11) is -3.81. The van der Waals surface area contributed by atoms with Crippen molar-refractivity contribution in [2.75, 3.05) is 10.5 Å². The molecule has 1 aromatic heterocycles. The summed E-state index contributed by atoms with van der Waals surface area (Å²) in [6, 6.07) is 2.75. The van der Waals surface area contributed by atoms with Gasteiger partial charge in [0.1, 0.15) is 4.90 Å². The molecular formula is C9H8BrClN4O2S. The second-order valence-corrected chi connectivity index (χ2v) is 6.23. The molecule has 0 amide bonds. The van der Waals surface area contributed by atoms with E-state index in [0.717, 1.165) is 0 Å². The quantitative estimate of drug-likeness (QED) is 0.738. The number of nitrogen functional groups attached to an aromatic ring is 1. The molecule has 6 nitrogen and oxygen atoms in total. The van der Waals surface area contributed by atoms with E-state index >= 15 is 0 Å². The molecule has 18 heavy (non-hydrogen) atoms. The van der Waals surface area contributed by atoms with Crippen LogP contribution in [0.5, 0.6) is 0 Å². The SMILES string of the molecule is Nc1cc(Cl)cc(S(=O)(=O)Nc2ncc[nH]2)c1Br. The molecule has 2 rings (SSSR count). The average molecular weight is 352 g/mol. The standard InChI is InChI=1S/C9H8BrClN4O2S/c10-8-6(12)3-5(11)4-7(8)18(16,17)15-9-13-1-2-14-9/h1-4H,12H2,(H2,13,14,15). The second-order valence-electron chi connectivity index (χ2n) is 3.35. The van der Waals surface area contributed by atoms with Gasteiger partial charge in [-0.3, -0.25) is 0 Å². The van der Waals surface area contributed by atoms with Crippen molar-refractivity contribution in [3.05, 3.63) is 34.0 Å². The van der Waals surface area contributed by atoms with Crippen LogP contribution in [-0.4, -0.2) is 18.4 Å². The number of aromatic amines is 1. The van der Waals surface area contributed by atoms with Gasteiger partial charge in [-0.15, -0.1) is 0 Å². The van der Waals surface area contributed by atoms with Crippen molar-refractivity contribution in [3.63, 3.8) is 0 Å². The molecule has 0 atom stereocenters. The number of anilines is 2. The van der Waals surface area contributed by atoms with Gasteiger partial charge in [-0.1, -0.05) is 11.6 Å². The maximum Gasteiger partial charge on any atom is 0.265 e. The van der Waals surface area contributed by atoms with Crippen LogP contribution in [0.3, 0.4) is 0 Å². The summed E-state index contributed by atoms with van der Waals surface area (Å²) in [5, 5.41) is 0.232. The van der Waals surface area contributed by atoms with E-state index in [0.29, 0.717) is 0 Å². The number of hydrogen-bond donors (Lipinski definition) is 3. The first kappa shape index (κ1) is 13.2. The monoisotopic (exact) mass is 350 g/mol. The van der Waals surface area contributed by atoms with E-state index in [1.165, 1.54) is 24.5 Å². The number of nitrogens with zero attached hydrogens (tertiary/aromatic N) is 1. The number of nitrogens with two attached hydrogens (primary N) is 1. The fourth-order valence-electron chi connectivity index (χ4n) is 1.28. The number of sulfonamides is 1. The third-order valence-electron chi connectivity index (χ3n) is 2.05. The molecule has 96 valence electrons. The Labute approximate surface area is 117 Å². The number of hydrogen-bond acceptors (Lipinski definition) is 4. The summed E-state index contributed by atoms with van der Waals surface area (Å²) in [6.07, 6.45) is 2.93. The van der Waals surface area contributed by atoms with Crippen LogP contribution in [0.4, 0.5) is 11.6 Å². The molecule has 1 heterocycles. The van der Waals surface area contributed by atoms with Crippen LogP contribution in [-0.2, 0) is 10.0 Å². The van der Waals surface area contributed by atoms with E-state index < -0.39 is 10.0 Å². The molecule has 0 aliphatic carbocycles. The van der Waals surface area contributed by atoms with Crippen molar-refractivity contribution < 1.29 is 8.42 Å². The molecule has 0 bridgehead atoms. The molecule has 0 unspecified atom stereocenters. The predicted octanol–water partition coefficient (Wildman–Crippen LogP) is 2.21. The number of aromatic nitrogens is 2. The molecule has 0 saturated carbocycles. The molecule has 0 spiro atoms. The minimum atomic E-state index is -3.81. The van der Waals surface area contributed by atoms with Gasteiger partial charge in [-0.2, -0.15) is 0 Å². The number of halogens is 2. The zero-order valence-corrected chi connectivity index (χ0v) is 12.0. The van der Waals surface area contributed by atoms with Gasteiger partial charge in [-0.25, -0.2) is 18.1 Å². The largest absolute Gasteiger partial charge is 0.398 e. The highest BCUT2D eigenvalue weighted by Crippen LogP contribution is 2.32. The maximum atomic E-state index is 12.1. The highest BCUT2D eigenvalue weighted by atomic mass is 79.9. The van der Waals surface area contributed by atoms with E-state index in [1.807, 2.05) is 0 Å². The van der Waals surface area contributed by atoms with Crippen LogP contribution < -0.4 is 10.5 Å². The Morgan fingerprint density at radius 3 is 2.78 bits per heavy atom. The van der Waals surface area contributed by atoms with Crippen LogP contribution >= 0.6 is 27.5 Å². The summed E-state index contributed by atoms with van der Waals surface area (Å²) < 4.78 is 26.7. The highest BCUT2D eigenvalue weighted by Gasteiger charge is 2.21. The van der Waals surface area contributed by atoms with Gasteiger partial charge >= 0.3 is 0 Å². The number of nitrogens with one attached hydrogen (secondary N) is 2. The van der Waals surface area contributed by atoms with Gasteiger partial charge in [0.2, 0.25) is 5.95 Å². The van der Waals surface area contributed by atoms with Crippen molar-refractivity contribution in [2.24, 2.45) is 0 Å². The van der Waals surface area contributed by atoms with E-state index in [4.69, 9.17) is 17.3 Å². The fourth-order valence-corrected chi connectivity index (χ4v) is 3.55.